The lowest BCUT2D eigenvalue weighted by molar-refractivity contribution is 0.0697. The largest absolute Gasteiger partial charge is 0.508 e. The number of carbonyl (C=O) groups is 1. The van der Waals surface area contributed by atoms with Crippen LogP contribution in [0.25, 0.3) is 28.1 Å². The van der Waals surface area contributed by atoms with Crippen LogP contribution >= 0.6 is 0 Å². The zero-order valence-electron chi connectivity index (χ0n) is 14.0. The van der Waals surface area contributed by atoms with Crippen LogP contribution in [0.5, 0.6) is 5.75 Å². The van der Waals surface area contributed by atoms with E-state index in [1.807, 2.05) is 12.1 Å². The number of aromatic carboxylic acids is 1. The number of hydrogen-bond donors (Lipinski definition) is 2. The van der Waals surface area contributed by atoms with Gasteiger partial charge in [0.05, 0.1) is 23.6 Å². The van der Waals surface area contributed by atoms with Gasteiger partial charge in [-0.1, -0.05) is 29.5 Å². The molecule has 132 valence electrons. The molecule has 0 atom stereocenters. The molecule has 4 aromatic rings. The van der Waals surface area contributed by atoms with Gasteiger partial charge >= 0.3 is 5.97 Å². The summed E-state index contributed by atoms with van der Waals surface area (Å²) in [5, 5.41) is 26.9. The molecule has 2 N–H and O–H groups in total. The van der Waals surface area contributed by atoms with Crippen molar-refractivity contribution in [3.8, 4) is 33.8 Å². The molecule has 2 aromatic heterocycles. The van der Waals surface area contributed by atoms with E-state index in [0.29, 0.717) is 5.69 Å². The van der Waals surface area contributed by atoms with Crippen molar-refractivity contribution < 1.29 is 15.0 Å². The third-order valence-electron chi connectivity index (χ3n) is 4.09. The van der Waals surface area contributed by atoms with E-state index in [2.05, 4.69) is 15.3 Å². The average molecular weight is 358 g/mol. The Labute approximate surface area is 154 Å². The first-order valence-electron chi connectivity index (χ1n) is 8.11. The Bertz CT molecular complexity index is 1120. The fourth-order valence-corrected chi connectivity index (χ4v) is 2.70. The molecule has 0 amide bonds. The first-order valence-corrected chi connectivity index (χ1v) is 8.11. The Morgan fingerprint density at radius 3 is 2.48 bits per heavy atom. The standard InChI is InChI=1S/C20H14N4O3/c25-18-3-1-2-15(9-18)16-8-17(11-21-10-16)24-12-19(22-23-24)13-4-6-14(7-5-13)20(26)27/h1-12,25H,(H,26,27). The van der Waals surface area contributed by atoms with Crippen molar-refractivity contribution in [1.82, 2.24) is 20.0 Å². The predicted molar refractivity (Wildman–Crippen MR) is 98.7 cm³/mol. The summed E-state index contributed by atoms with van der Waals surface area (Å²) >= 11 is 0. The Morgan fingerprint density at radius 1 is 0.926 bits per heavy atom. The van der Waals surface area contributed by atoms with Gasteiger partial charge in [-0.2, -0.15) is 0 Å². The summed E-state index contributed by atoms with van der Waals surface area (Å²) in [6.45, 7) is 0. The van der Waals surface area contributed by atoms with E-state index < -0.39 is 5.97 Å². The molecule has 0 bridgehead atoms. The fourth-order valence-electron chi connectivity index (χ4n) is 2.70. The van der Waals surface area contributed by atoms with Crippen molar-refractivity contribution in [1.29, 1.82) is 0 Å². The predicted octanol–water partition coefficient (Wildman–Crippen LogP) is 3.40. The number of rotatable bonds is 4. The summed E-state index contributed by atoms with van der Waals surface area (Å²) in [5.41, 5.74) is 4.00. The number of carboxylic acids is 1. The Hall–Kier alpha value is -4.00. The highest BCUT2D eigenvalue weighted by atomic mass is 16.4. The molecule has 4 rings (SSSR count). The third-order valence-corrected chi connectivity index (χ3v) is 4.09. The minimum absolute atomic E-state index is 0.186. The molecule has 0 radical (unpaired) electrons. The molecule has 27 heavy (non-hydrogen) atoms. The SMILES string of the molecule is O=C(O)c1ccc(-c2cn(-c3cncc(-c4cccc(O)c4)c3)nn2)cc1. The van der Waals surface area contributed by atoms with Crippen LogP contribution in [0.2, 0.25) is 0 Å². The fraction of sp³-hybridized carbons (Fsp3) is 0. The van der Waals surface area contributed by atoms with Crippen molar-refractivity contribution in [3.63, 3.8) is 0 Å². The summed E-state index contributed by atoms with van der Waals surface area (Å²) in [6, 6.07) is 15.3. The van der Waals surface area contributed by atoms with Crippen LogP contribution in [-0.4, -0.2) is 36.2 Å². The van der Waals surface area contributed by atoms with Crippen molar-refractivity contribution in [2.24, 2.45) is 0 Å². The number of hydrogen-bond acceptors (Lipinski definition) is 5. The van der Waals surface area contributed by atoms with Crippen molar-refractivity contribution in [2.75, 3.05) is 0 Å². The Kier molecular flexibility index (Phi) is 4.10. The van der Waals surface area contributed by atoms with Gasteiger partial charge in [0.1, 0.15) is 11.4 Å². The van der Waals surface area contributed by atoms with Crippen molar-refractivity contribution in [3.05, 3.63) is 78.8 Å². The normalized spacial score (nSPS) is 10.7. The number of pyridine rings is 1. The molecule has 7 heteroatoms. The molecule has 0 aliphatic rings. The van der Waals surface area contributed by atoms with Crippen LogP contribution < -0.4 is 0 Å². The smallest absolute Gasteiger partial charge is 0.335 e. The summed E-state index contributed by atoms with van der Waals surface area (Å²) < 4.78 is 1.60. The highest BCUT2D eigenvalue weighted by Gasteiger charge is 2.09. The topological polar surface area (TPSA) is 101 Å². The highest BCUT2D eigenvalue weighted by Crippen LogP contribution is 2.25. The third kappa shape index (κ3) is 3.38. The molecule has 0 unspecified atom stereocenters. The number of aromatic hydroxyl groups is 1. The lowest BCUT2D eigenvalue weighted by Gasteiger charge is -2.05. The second kappa shape index (κ2) is 6.72. The molecule has 0 aliphatic heterocycles. The summed E-state index contributed by atoms with van der Waals surface area (Å²) in [5.74, 6) is -0.786. The molecule has 2 aromatic carbocycles. The zero-order valence-corrected chi connectivity index (χ0v) is 14.0. The quantitative estimate of drug-likeness (QED) is 0.580. The van der Waals surface area contributed by atoms with Crippen molar-refractivity contribution >= 4 is 5.97 Å². The average Bonchev–Trinajstić information content (AvgIpc) is 3.18. The second-order valence-corrected chi connectivity index (χ2v) is 5.91. The lowest BCUT2D eigenvalue weighted by Crippen LogP contribution is -1.96. The number of aromatic nitrogens is 4. The van der Waals surface area contributed by atoms with E-state index in [1.54, 1.807) is 53.6 Å². The van der Waals surface area contributed by atoms with E-state index in [9.17, 15) is 9.90 Å². The van der Waals surface area contributed by atoms with Crippen LogP contribution in [0.15, 0.2) is 73.2 Å². The second-order valence-electron chi connectivity index (χ2n) is 5.91. The Morgan fingerprint density at radius 2 is 1.74 bits per heavy atom. The summed E-state index contributed by atoms with van der Waals surface area (Å²) in [4.78, 5) is 15.2. The first kappa shape index (κ1) is 16.5. The number of benzene rings is 2. The number of phenols is 1. The molecule has 0 aliphatic carbocycles. The maximum absolute atomic E-state index is 11.0. The van der Waals surface area contributed by atoms with Crippen LogP contribution in [0.3, 0.4) is 0 Å². The van der Waals surface area contributed by atoms with Gasteiger partial charge < -0.3 is 10.2 Å². The molecular formula is C20H14N4O3. The van der Waals surface area contributed by atoms with E-state index in [1.165, 1.54) is 12.1 Å². The maximum Gasteiger partial charge on any atom is 0.335 e. The molecule has 0 saturated heterocycles. The minimum Gasteiger partial charge on any atom is -0.508 e. The minimum atomic E-state index is -0.972. The van der Waals surface area contributed by atoms with Gasteiger partial charge in [0.25, 0.3) is 0 Å². The van der Waals surface area contributed by atoms with Crippen LogP contribution in [-0.2, 0) is 0 Å². The summed E-state index contributed by atoms with van der Waals surface area (Å²) in [7, 11) is 0. The van der Waals surface area contributed by atoms with Crippen LogP contribution in [0, 0.1) is 0 Å². The Balaban J connectivity index is 1.65. The van der Waals surface area contributed by atoms with Gasteiger partial charge in [-0.15, -0.1) is 5.10 Å². The van der Waals surface area contributed by atoms with Crippen molar-refractivity contribution in [2.45, 2.75) is 0 Å². The van der Waals surface area contributed by atoms with E-state index in [0.717, 1.165) is 22.4 Å². The zero-order chi connectivity index (χ0) is 18.8. The molecule has 0 fully saturated rings. The molecule has 7 nitrogen and oxygen atoms in total. The molecule has 0 spiro atoms. The first-order chi connectivity index (χ1) is 13.1. The van der Waals surface area contributed by atoms with Gasteiger partial charge in [-0.25, -0.2) is 9.48 Å². The molecular weight excluding hydrogens is 344 g/mol. The highest BCUT2D eigenvalue weighted by molar-refractivity contribution is 5.88. The maximum atomic E-state index is 11.0. The van der Waals surface area contributed by atoms with Crippen LogP contribution in [0.1, 0.15) is 10.4 Å². The monoisotopic (exact) mass is 358 g/mol. The van der Waals surface area contributed by atoms with E-state index in [4.69, 9.17) is 5.11 Å². The summed E-state index contributed by atoms with van der Waals surface area (Å²) in [6.07, 6.45) is 5.12. The van der Waals surface area contributed by atoms with Gasteiger partial charge in [-0.05, 0) is 35.9 Å². The molecule has 0 saturated carbocycles. The number of nitrogens with zero attached hydrogens (tertiary/aromatic N) is 4. The molecule has 2 heterocycles. The van der Waals surface area contributed by atoms with Crippen LogP contribution in [0.4, 0.5) is 0 Å². The van der Waals surface area contributed by atoms with E-state index >= 15 is 0 Å². The van der Waals surface area contributed by atoms with Gasteiger partial charge in [0, 0.05) is 17.3 Å². The van der Waals surface area contributed by atoms with Gasteiger partial charge in [-0.3, -0.25) is 4.98 Å². The number of carboxylic acid groups (broad SMARTS) is 1. The number of phenolic OH excluding ortho intramolecular Hbond substituents is 1. The van der Waals surface area contributed by atoms with Gasteiger partial charge in [0.15, 0.2) is 0 Å². The van der Waals surface area contributed by atoms with E-state index in [-0.39, 0.29) is 11.3 Å². The van der Waals surface area contributed by atoms with Gasteiger partial charge in [0.2, 0.25) is 0 Å². The lowest BCUT2D eigenvalue weighted by atomic mass is 10.1.